The molecule has 0 amide bonds. The van der Waals surface area contributed by atoms with Gasteiger partial charge in [-0.3, -0.25) is 0 Å². The third-order valence-electron chi connectivity index (χ3n) is 3.78. The molecule has 128 valence electrons. The van der Waals surface area contributed by atoms with Crippen molar-refractivity contribution in [1.29, 1.82) is 0 Å². The van der Waals surface area contributed by atoms with Gasteiger partial charge < -0.3 is 14.6 Å². The number of hydrogen-bond acceptors (Lipinski definition) is 4. The van der Waals surface area contributed by atoms with Gasteiger partial charge in [-0.25, -0.2) is 4.79 Å². The summed E-state index contributed by atoms with van der Waals surface area (Å²) < 4.78 is 10.7. The summed E-state index contributed by atoms with van der Waals surface area (Å²) in [6.07, 6.45) is 0.112. The Morgan fingerprint density at radius 3 is 2.68 bits per heavy atom. The van der Waals surface area contributed by atoms with Crippen LogP contribution < -0.4 is 4.74 Å². The van der Waals surface area contributed by atoms with Crippen LogP contribution in [-0.4, -0.2) is 30.4 Å². The van der Waals surface area contributed by atoms with Crippen LogP contribution in [0.5, 0.6) is 5.75 Å². The fourth-order valence-corrected chi connectivity index (χ4v) is 2.80. The zero-order valence-corrected chi connectivity index (χ0v) is 14.2. The third-order valence-corrected chi connectivity index (χ3v) is 4.01. The van der Waals surface area contributed by atoms with Gasteiger partial charge in [0.25, 0.3) is 0 Å². The van der Waals surface area contributed by atoms with Gasteiger partial charge in [0.15, 0.2) is 0 Å². The van der Waals surface area contributed by atoms with E-state index in [1.54, 1.807) is 6.07 Å². The van der Waals surface area contributed by atoms with Gasteiger partial charge in [0, 0.05) is 21.9 Å². The van der Waals surface area contributed by atoms with Gasteiger partial charge in [0.1, 0.15) is 25.1 Å². The molecule has 25 heavy (non-hydrogen) atoms. The van der Waals surface area contributed by atoms with Gasteiger partial charge in [0.2, 0.25) is 0 Å². The Bertz CT molecular complexity index is 936. The second-order valence-electron chi connectivity index (χ2n) is 5.59. The van der Waals surface area contributed by atoms with Crippen molar-refractivity contribution in [2.45, 2.75) is 6.10 Å². The number of benzene rings is 3. The van der Waals surface area contributed by atoms with Gasteiger partial charge in [-0.15, -0.1) is 0 Å². The normalized spacial score (nSPS) is 12.1. The van der Waals surface area contributed by atoms with E-state index < -0.39 is 12.1 Å². The van der Waals surface area contributed by atoms with Crippen LogP contribution in [0.2, 0.25) is 5.02 Å². The van der Waals surface area contributed by atoms with Gasteiger partial charge in [-0.05, 0) is 35.0 Å². The summed E-state index contributed by atoms with van der Waals surface area (Å²) in [6.45, 7) is 3.15. The van der Waals surface area contributed by atoms with Crippen molar-refractivity contribution in [2.24, 2.45) is 0 Å². The maximum atomic E-state index is 11.1. The molecular formula is C20H17ClO4. The second kappa shape index (κ2) is 7.55. The maximum absolute atomic E-state index is 11.1. The van der Waals surface area contributed by atoms with E-state index >= 15 is 0 Å². The molecule has 1 atom stereocenters. The van der Waals surface area contributed by atoms with Crippen molar-refractivity contribution in [3.8, 4) is 5.75 Å². The van der Waals surface area contributed by atoms with Crippen molar-refractivity contribution in [3.05, 3.63) is 66.2 Å². The molecule has 0 heterocycles. The highest BCUT2D eigenvalue weighted by Crippen LogP contribution is 2.36. The van der Waals surface area contributed by atoms with Crippen molar-refractivity contribution in [1.82, 2.24) is 0 Å². The molecule has 0 bridgehead atoms. The standard InChI is InChI=1S/C20H17ClO4/c1-2-19(23)24-11-16(22)12-25-20-17-6-4-3-5-13(17)9-14-10-15(21)7-8-18(14)20/h2-10,16,22H,1,11-12H2. The number of rotatable bonds is 6. The molecule has 0 saturated carbocycles. The molecule has 4 nitrogen and oxygen atoms in total. The molecule has 3 aromatic carbocycles. The quantitative estimate of drug-likeness (QED) is 0.410. The van der Waals surface area contributed by atoms with Crippen LogP contribution in [0.1, 0.15) is 0 Å². The van der Waals surface area contributed by atoms with Crippen LogP contribution >= 0.6 is 11.6 Å². The number of esters is 1. The van der Waals surface area contributed by atoms with E-state index in [0.717, 1.165) is 27.6 Å². The Labute approximate surface area is 150 Å². The van der Waals surface area contributed by atoms with E-state index in [-0.39, 0.29) is 13.2 Å². The fourth-order valence-electron chi connectivity index (χ4n) is 2.62. The average Bonchev–Trinajstić information content (AvgIpc) is 2.62. The van der Waals surface area contributed by atoms with Crippen LogP contribution in [0.4, 0.5) is 0 Å². The first-order chi connectivity index (χ1) is 12.1. The molecule has 3 aromatic rings. The van der Waals surface area contributed by atoms with Gasteiger partial charge in [-0.2, -0.15) is 0 Å². The molecule has 0 aliphatic rings. The summed E-state index contributed by atoms with van der Waals surface area (Å²) in [7, 11) is 0. The molecule has 0 radical (unpaired) electrons. The highest BCUT2D eigenvalue weighted by molar-refractivity contribution is 6.31. The highest BCUT2D eigenvalue weighted by Gasteiger charge is 2.13. The van der Waals surface area contributed by atoms with E-state index in [4.69, 9.17) is 21.1 Å². The Balaban J connectivity index is 1.90. The van der Waals surface area contributed by atoms with E-state index in [1.165, 1.54) is 0 Å². The largest absolute Gasteiger partial charge is 0.489 e. The minimum absolute atomic E-state index is 0.00381. The Morgan fingerprint density at radius 1 is 1.12 bits per heavy atom. The Morgan fingerprint density at radius 2 is 1.88 bits per heavy atom. The van der Waals surface area contributed by atoms with Crippen molar-refractivity contribution in [3.63, 3.8) is 0 Å². The lowest BCUT2D eigenvalue weighted by Crippen LogP contribution is -2.24. The smallest absolute Gasteiger partial charge is 0.330 e. The van der Waals surface area contributed by atoms with E-state index in [9.17, 15) is 9.90 Å². The lowest BCUT2D eigenvalue weighted by atomic mass is 10.0. The van der Waals surface area contributed by atoms with E-state index in [0.29, 0.717) is 10.8 Å². The number of carbonyl (C=O) groups is 1. The lowest BCUT2D eigenvalue weighted by Gasteiger charge is -2.16. The van der Waals surface area contributed by atoms with Crippen LogP contribution in [0.25, 0.3) is 21.5 Å². The van der Waals surface area contributed by atoms with Crippen LogP contribution in [0.3, 0.4) is 0 Å². The number of hydrogen-bond donors (Lipinski definition) is 1. The first kappa shape index (κ1) is 17.3. The lowest BCUT2D eigenvalue weighted by molar-refractivity contribution is -0.141. The zero-order chi connectivity index (χ0) is 17.8. The number of aliphatic hydroxyl groups excluding tert-OH is 1. The summed E-state index contributed by atoms with van der Waals surface area (Å²) in [4.78, 5) is 11.1. The molecule has 0 aliphatic carbocycles. The molecule has 0 aliphatic heterocycles. The molecular weight excluding hydrogens is 340 g/mol. The molecule has 1 unspecified atom stereocenters. The third kappa shape index (κ3) is 3.92. The molecule has 1 N–H and O–H groups in total. The van der Waals surface area contributed by atoms with Crippen LogP contribution in [-0.2, 0) is 9.53 Å². The van der Waals surface area contributed by atoms with Crippen LogP contribution in [0, 0.1) is 0 Å². The number of aliphatic hydroxyl groups is 1. The average molecular weight is 357 g/mol. The molecule has 0 aromatic heterocycles. The van der Waals surface area contributed by atoms with Crippen molar-refractivity contribution >= 4 is 39.1 Å². The number of carbonyl (C=O) groups excluding carboxylic acids is 1. The first-order valence-corrected chi connectivity index (χ1v) is 8.17. The van der Waals surface area contributed by atoms with Crippen molar-refractivity contribution < 1.29 is 19.4 Å². The SMILES string of the molecule is C=CC(=O)OCC(O)COc1c2ccccc2cc2cc(Cl)ccc12. The molecule has 0 fully saturated rings. The predicted molar refractivity (Wildman–Crippen MR) is 99.1 cm³/mol. The monoisotopic (exact) mass is 356 g/mol. The molecule has 3 rings (SSSR count). The topological polar surface area (TPSA) is 55.8 Å². The van der Waals surface area contributed by atoms with Gasteiger partial charge in [-0.1, -0.05) is 42.4 Å². The first-order valence-electron chi connectivity index (χ1n) is 7.79. The predicted octanol–water partition coefficient (Wildman–Crippen LogP) is 4.12. The Kier molecular flexibility index (Phi) is 5.22. The zero-order valence-electron chi connectivity index (χ0n) is 13.4. The fraction of sp³-hybridized carbons (Fsp3) is 0.150. The minimum Gasteiger partial charge on any atom is -0.489 e. The Hall–Kier alpha value is -2.56. The summed E-state index contributed by atoms with van der Waals surface area (Å²) in [5.74, 6) is 0.0863. The minimum atomic E-state index is -0.940. The molecule has 5 heteroatoms. The van der Waals surface area contributed by atoms with E-state index in [2.05, 4.69) is 6.58 Å². The van der Waals surface area contributed by atoms with Crippen LogP contribution in [0.15, 0.2) is 61.2 Å². The number of fused-ring (bicyclic) bond motifs is 2. The number of halogens is 1. The highest BCUT2D eigenvalue weighted by atomic mass is 35.5. The van der Waals surface area contributed by atoms with E-state index in [1.807, 2.05) is 42.5 Å². The maximum Gasteiger partial charge on any atom is 0.330 e. The summed E-state index contributed by atoms with van der Waals surface area (Å²) in [6, 6.07) is 15.4. The summed E-state index contributed by atoms with van der Waals surface area (Å²) in [5, 5.41) is 14.4. The van der Waals surface area contributed by atoms with Gasteiger partial charge in [0.05, 0.1) is 0 Å². The summed E-state index contributed by atoms with van der Waals surface area (Å²) in [5.41, 5.74) is 0. The second-order valence-corrected chi connectivity index (χ2v) is 6.03. The summed E-state index contributed by atoms with van der Waals surface area (Å²) >= 11 is 6.10. The molecule has 0 saturated heterocycles. The number of ether oxygens (including phenoxy) is 2. The molecule has 0 spiro atoms. The van der Waals surface area contributed by atoms with Crippen molar-refractivity contribution in [2.75, 3.05) is 13.2 Å². The van der Waals surface area contributed by atoms with Gasteiger partial charge >= 0.3 is 5.97 Å².